The van der Waals surface area contributed by atoms with E-state index in [-0.39, 0.29) is 16.1 Å². The molecule has 0 spiro atoms. The van der Waals surface area contributed by atoms with Gasteiger partial charge in [0.2, 0.25) is 6.20 Å². The first kappa shape index (κ1) is 16.4. The van der Waals surface area contributed by atoms with Crippen molar-refractivity contribution in [3.05, 3.63) is 74.7 Å². The highest BCUT2D eigenvalue weighted by Crippen LogP contribution is 2.29. The Morgan fingerprint density at radius 2 is 1.96 bits per heavy atom. The fourth-order valence-corrected chi connectivity index (χ4v) is 2.02. The van der Waals surface area contributed by atoms with Crippen LogP contribution in [0.5, 0.6) is 5.75 Å². The first-order valence-electron chi connectivity index (χ1n) is 6.28. The molecule has 0 saturated heterocycles. The fraction of sp³-hybridized carbons (Fsp3) is 0. The summed E-state index contributed by atoms with van der Waals surface area (Å²) in [7, 11) is 0. The van der Waals surface area contributed by atoms with Crippen LogP contribution in [0.1, 0.15) is 15.9 Å². The molecule has 0 unspecified atom stereocenters. The van der Waals surface area contributed by atoms with E-state index >= 15 is 0 Å². The van der Waals surface area contributed by atoms with Crippen LogP contribution < -0.4 is 5.32 Å². The maximum absolute atomic E-state index is 12.8. The van der Waals surface area contributed by atoms with Crippen molar-refractivity contribution < 1.29 is 19.2 Å². The van der Waals surface area contributed by atoms with Crippen LogP contribution in [0.2, 0.25) is 5.02 Å². The van der Waals surface area contributed by atoms with Crippen molar-refractivity contribution in [1.82, 2.24) is 0 Å². The third-order valence-electron chi connectivity index (χ3n) is 2.83. The lowest BCUT2D eigenvalue weighted by Crippen LogP contribution is -2.12. The van der Waals surface area contributed by atoms with E-state index in [0.717, 1.165) is 6.08 Å². The van der Waals surface area contributed by atoms with Crippen molar-refractivity contribution in [1.29, 1.82) is 0 Å². The Hall–Kier alpha value is -2.93. The summed E-state index contributed by atoms with van der Waals surface area (Å²) in [6.07, 6.45) is 1.64. The molecule has 2 N–H and O–H groups in total. The van der Waals surface area contributed by atoms with Gasteiger partial charge in [0.05, 0.1) is 10.5 Å². The summed E-state index contributed by atoms with van der Waals surface area (Å²) in [5.74, 6) is -1.60. The summed E-state index contributed by atoms with van der Waals surface area (Å²) < 4.78 is 12.8. The van der Waals surface area contributed by atoms with Gasteiger partial charge in [-0.2, -0.15) is 0 Å². The second-order valence-corrected chi connectivity index (χ2v) is 4.89. The largest absolute Gasteiger partial charge is 0.506 e. The number of phenolic OH excluding ortho intramolecular Hbond substituents is 1. The number of benzene rings is 2. The molecule has 0 aliphatic heterocycles. The molecule has 2 rings (SSSR count). The molecule has 0 heterocycles. The maximum atomic E-state index is 12.8. The van der Waals surface area contributed by atoms with E-state index in [4.69, 9.17) is 11.6 Å². The number of phenols is 1. The molecule has 0 aliphatic rings. The van der Waals surface area contributed by atoms with Crippen LogP contribution in [0.15, 0.2) is 42.6 Å². The Morgan fingerprint density at radius 3 is 2.57 bits per heavy atom. The number of rotatable bonds is 4. The Labute approximate surface area is 135 Å². The van der Waals surface area contributed by atoms with Crippen LogP contribution in [0.4, 0.5) is 10.1 Å². The molecule has 0 bridgehead atoms. The van der Waals surface area contributed by atoms with Crippen LogP contribution in [0.3, 0.4) is 0 Å². The summed E-state index contributed by atoms with van der Waals surface area (Å²) >= 11 is 5.86. The Balaban J connectivity index is 2.32. The molecular formula is C15H10ClFN2O4. The Kier molecular flexibility index (Phi) is 4.92. The fourth-order valence-electron chi connectivity index (χ4n) is 1.79. The van der Waals surface area contributed by atoms with Crippen LogP contribution in [-0.2, 0) is 0 Å². The number of nitrogens with zero attached hydrogens (tertiary/aromatic N) is 1. The monoisotopic (exact) mass is 336 g/mol. The molecule has 0 fully saturated rings. The van der Waals surface area contributed by atoms with Crippen molar-refractivity contribution in [3.8, 4) is 5.75 Å². The maximum Gasteiger partial charge on any atom is 0.259 e. The van der Waals surface area contributed by atoms with E-state index in [2.05, 4.69) is 5.32 Å². The SMILES string of the molecule is O=C(Nc1ccc(F)cc1)c1cc(Cl)cc(C=C[N+](=O)[O-])c1O. The summed E-state index contributed by atoms with van der Waals surface area (Å²) in [5.41, 5.74) is 0.182. The van der Waals surface area contributed by atoms with Gasteiger partial charge in [0, 0.05) is 22.3 Å². The van der Waals surface area contributed by atoms with Gasteiger partial charge < -0.3 is 10.4 Å². The van der Waals surface area contributed by atoms with Crippen molar-refractivity contribution in [3.63, 3.8) is 0 Å². The number of aromatic hydroxyl groups is 1. The molecule has 118 valence electrons. The molecule has 0 aliphatic carbocycles. The minimum atomic E-state index is -0.710. The second-order valence-electron chi connectivity index (χ2n) is 4.45. The van der Waals surface area contributed by atoms with E-state index < -0.39 is 22.4 Å². The number of carbonyl (C=O) groups excluding carboxylic acids is 1. The summed E-state index contributed by atoms with van der Waals surface area (Å²) in [6.45, 7) is 0. The summed E-state index contributed by atoms with van der Waals surface area (Å²) in [5, 5.41) is 23.0. The zero-order valence-electron chi connectivity index (χ0n) is 11.5. The Bertz CT molecular complexity index is 791. The predicted octanol–water partition coefficient (Wildman–Crippen LogP) is 3.68. The van der Waals surface area contributed by atoms with Gasteiger partial charge in [0.15, 0.2) is 0 Å². The molecule has 1 amide bonds. The highest BCUT2D eigenvalue weighted by atomic mass is 35.5. The van der Waals surface area contributed by atoms with Crippen LogP contribution in [0.25, 0.3) is 6.08 Å². The van der Waals surface area contributed by atoms with Crippen LogP contribution >= 0.6 is 11.6 Å². The zero-order valence-corrected chi connectivity index (χ0v) is 12.2. The molecule has 2 aromatic rings. The molecule has 0 radical (unpaired) electrons. The molecule has 8 heteroatoms. The van der Waals surface area contributed by atoms with Crippen molar-refractivity contribution in [2.75, 3.05) is 5.32 Å². The van der Waals surface area contributed by atoms with Crippen molar-refractivity contribution >= 4 is 29.3 Å². The van der Waals surface area contributed by atoms with Gasteiger partial charge in [-0.3, -0.25) is 14.9 Å². The van der Waals surface area contributed by atoms with Gasteiger partial charge >= 0.3 is 0 Å². The Morgan fingerprint density at radius 1 is 1.30 bits per heavy atom. The number of hydrogen-bond donors (Lipinski definition) is 2. The molecule has 6 nitrogen and oxygen atoms in total. The van der Waals surface area contributed by atoms with E-state index in [9.17, 15) is 24.4 Å². The van der Waals surface area contributed by atoms with Gasteiger partial charge in [0.25, 0.3) is 5.91 Å². The van der Waals surface area contributed by atoms with E-state index in [0.29, 0.717) is 11.9 Å². The molecule has 0 aromatic heterocycles. The van der Waals surface area contributed by atoms with Gasteiger partial charge in [-0.25, -0.2) is 4.39 Å². The quantitative estimate of drug-likeness (QED) is 0.658. The number of nitro groups is 1. The van der Waals surface area contributed by atoms with Crippen molar-refractivity contribution in [2.24, 2.45) is 0 Å². The zero-order chi connectivity index (χ0) is 17.0. The number of amides is 1. The summed E-state index contributed by atoms with van der Waals surface area (Å²) in [4.78, 5) is 21.8. The first-order valence-corrected chi connectivity index (χ1v) is 6.66. The average Bonchev–Trinajstić information content (AvgIpc) is 2.49. The number of hydrogen-bond acceptors (Lipinski definition) is 4. The predicted molar refractivity (Wildman–Crippen MR) is 83.5 cm³/mol. The van der Waals surface area contributed by atoms with Gasteiger partial charge in [-0.05, 0) is 36.4 Å². The van der Waals surface area contributed by atoms with E-state index in [1.165, 1.54) is 36.4 Å². The third kappa shape index (κ3) is 4.27. The highest BCUT2D eigenvalue weighted by molar-refractivity contribution is 6.31. The lowest BCUT2D eigenvalue weighted by atomic mass is 10.1. The lowest BCUT2D eigenvalue weighted by Gasteiger charge is -2.09. The molecular weight excluding hydrogens is 327 g/mol. The smallest absolute Gasteiger partial charge is 0.259 e. The van der Waals surface area contributed by atoms with Crippen molar-refractivity contribution in [2.45, 2.75) is 0 Å². The number of anilines is 1. The minimum absolute atomic E-state index is 0.0263. The molecule has 2 aromatic carbocycles. The third-order valence-corrected chi connectivity index (χ3v) is 3.04. The molecule has 0 atom stereocenters. The summed E-state index contributed by atoms with van der Waals surface area (Å²) in [6, 6.07) is 7.53. The number of nitrogens with one attached hydrogen (secondary N) is 1. The lowest BCUT2D eigenvalue weighted by molar-refractivity contribution is -0.400. The first-order chi connectivity index (χ1) is 10.9. The normalized spacial score (nSPS) is 10.7. The van der Waals surface area contributed by atoms with E-state index in [1.807, 2.05) is 0 Å². The highest BCUT2D eigenvalue weighted by Gasteiger charge is 2.16. The topological polar surface area (TPSA) is 92.5 Å². The minimum Gasteiger partial charge on any atom is -0.506 e. The van der Waals surface area contributed by atoms with Gasteiger partial charge in [0.1, 0.15) is 11.6 Å². The molecule has 0 saturated carbocycles. The van der Waals surface area contributed by atoms with Crippen LogP contribution in [0, 0.1) is 15.9 Å². The standard InChI is InChI=1S/C15H10ClFN2O4/c16-10-7-9(5-6-19(22)23)14(20)13(8-10)15(21)18-12-3-1-11(17)2-4-12/h1-8,20H,(H,18,21). The second kappa shape index (κ2) is 6.89. The average molecular weight is 337 g/mol. The van der Waals surface area contributed by atoms with Crippen LogP contribution in [-0.4, -0.2) is 15.9 Å². The molecule has 23 heavy (non-hydrogen) atoms. The van der Waals surface area contributed by atoms with Gasteiger partial charge in [-0.15, -0.1) is 0 Å². The van der Waals surface area contributed by atoms with Gasteiger partial charge in [-0.1, -0.05) is 11.6 Å². The number of carbonyl (C=O) groups is 1. The number of halogens is 2. The van der Waals surface area contributed by atoms with E-state index in [1.54, 1.807) is 0 Å².